The fourth-order valence-electron chi connectivity index (χ4n) is 2.46. The van der Waals surface area contributed by atoms with Crippen LogP contribution < -0.4 is 10.1 Å². The lowest BCUT2D eigenvalue weighted by Gasteiger charge is -2.13. The normalized spacial score (nSPS) is 11.8. The van der Waals surface area contributed by atoms with Crippen LogP contribution >= 0.6 is 11.8 Å². The van der Waals surface area contributed by atoms with Crippen LogP contribution in [0.2, 0.25) is 0 Å². The van der Waals surface area contributed by atoms with Crippen molar-refractivity contribution < 1.29 is 13.9 Å². The Kier molecular flexibility index (Phi) is 6.13. The summed E-state index contributed by atoms with van der Waals surface area (Å²) in [6.07, 6.45) is 3.56. The Morgan fingerprint density at radius 2 is 1.93 bits per heavy atom. The number of methoxy groups -OCH3 is 1. The second-order valence-corrected chi connectivity index (χ2v) is 7.19. The number of aromatic nitrogens is 2. The maximum Gasteiger partial charge on any atom is 0.233 e. The summed E-state index contributed by atoms with van der Waals surface area (Å²) in [6, 6.07) is 13.7. The summed E-state index contributed by atoms with van der Waals surface area (Å²) in [5.74, 6) is 0.384. The molecule has 0 aliphatic rings. The topological polar surface area (TPSA) is 56.2 Å². The Bertz CT molecular complexity index is 894. The number of halogens is 1. The average molecular weight is 385 g/mol. The van der Waals surface area contributed by atoms with Crippen LogP contribution in [0.3, 0.4) is 0 Å². The van der Waals surface area contributed by atoms with Crippen LogP contribution in [0.15, 0.2) is 66.1 Å². The van der Waals surface area contributed by atoms with Gasteiger partial charge in [0.05, 0.1) is 12.4 Å². The van der Waals surface area contributed by atoms with Crippen LogP contribution in [0.4, 0.5) is 4.39 Å². The number of ether oxygens (including phenoxy) is 1. The molecule has 0 bridgehead atoms. The zero-order chi connectivity index (χ0) is 19.2. The fraction of sp³-hybridized carbons (Fsp3) is 0.200. The Labute approximate surface area is 161 Å². The standard InChI is InChI=1S/C20H20FN3O2S/c1-14(19(25)23-13-15-3-5-16(21)6-4-15)27-20-22-11-12-24(20)17-7-9-18(26-2)10-8-17/h3-12,14H,13H2,1-2H3,(H,23,25). The molecule has 1 heterocycles. The maximum absolute atomic E-state index is 12.9. The number of carbonyl (C=O) groups excluding carboxylic acids is 1. The monoisotopic (exact) mass is 385 g/mol. The molecule has 140 valence electrons. The lowest BCUT2D eigenvalue weighted by Crippen LogP contribution is -2.30. The van der Waals surface area contributed by atoms with Crippen molar-refractivity contribution in [1.29, 1.82) is 0 Å². The Morgan fingerprint density at radius 1 is 1.22 bits per heavy atom. The molecule has 0 spiro atoms. The third-order valence-electron chi connectivity index (χ3n) is 3.99. The van der Waals surface area contributed by atoms with Gasteiger partial charge in [-0.1, -0.05) is 23.9 Å². The van der Waals surface area contributed by atoms with Crippen LogP contribution in [0.5, 0.6) is 5.75 Å². The molecule has 1 aromatic heterocycles. The molecule has 0 fully saturated rings. The number of benzene rings is 2. The summed E-state index contributed by atoms with van der Waals surface area (Å²) in [7, 11) is 1.62. The van der Waals surface area contributed by atoms with E-state index in [1.54, 1.807) is 25.4 Å². The zero-order valence-corrected chi connectivity index (χ0v) is 15.9. The minimum atomic E-state index is -0.329. The van der Waals surface area contributed by atoms with Gasteiger partial charge in [-0.3, -0.25) is 9.36 Å². The molecule has 1 atom stereocenters. The summed E-state index contributed by atoms with van der Waals surface area (Å²) in [4.78, 5) is 16.7. The van der Waals surface area contributed by atoms with Crippen molar-refractivity contribution in [3.63, 3.8) is 0 Å². The van der Waals surface area contributed by atoms with Crippen molar-refractivity contribution in [3.8, 4) is 11.4 Å². The Hall–Kier alpha value is -2.80. The van der Waals surface area contributed by atoms with E-state index in [1.165, 1.54) is 23.9 Å². The number of hydrogen-bond donors (Lipinski definition) is 1. The molecule has 0 saturated heterocycles. The molecule has 2 aromatic carbocycles. The SMILES string of the molecule is COc1ccc(-n2ccnc2SC(C)C(=O)NCc2ccc(F)cc2)cc1. The minimum Gasteiger partial charge on any atom is -0.497 e. The first-order valence-corrected chi connectivity index (χ1v) is 9.31. The zero-order valence-electron chi connectivity index (χ0n) is 15.1. The molecule has 0 radical (unpaired) electrons. The molecule has 3 rings (SSSR count). The van der Waals surface area contributed by atoms with E-state index >= 15 is 0 Å². The van der Waals surface area contributed by atoms with Gasteiger partial charge in [0, 0.05) is 24.6 Å². The van der Waals surface area contributed by atoms with Gasteiger partial charge in [0.25, 0.3) is 0 Å². The molecule has 7 heteroatoms. The molecule has 27 heavy (non-hydrogen) atoms. The minimum absolute atomic E-state index is 0.103. The van der Waals surface area contributed by atoms with E-state index in [2.05, 4.69) is 10.3 Å². The summed E-state index contributed by atoms with van der Waals surface area (Å²) in [5, 5.41) is 3.27. The van der Waals surface area contributed by atoms with Gasteiger partial charge in [-0.05, 0) is 48.9 Å². The molecular weight excluding hydrogens is 365 g/mol. The highest BCUT2D eigenvalue weighted by Gasteiger charge is 2.17. The molecule has 0 aliphatic carbocycles. The highest BCUT2D eigenvalue weighted by Crippen LogP contribution is 2.25. The molecule has 0 saturated carbocycles. The van der Waals surface area contributed by atoms with Gasteiger partial charge in [-0.25, -0.2) is 9.37 Å². The van der Waals surface area contributed by atoms with Crippen LogP contribution in [0.25, 0.3) is 5.69 Å². The lowest BCUT2D eigenvalue weighted by atomic mass is 10.2. The number of imidazole rings is 1. The van der Waals surface area contributed by atoms with Gasteiger partial charge in [0.1, 0.15) is 11.6 Å². The number of rotatable bonds is 7. The second kappa shape index (κ2) is 8.73. The van der Waals surface area contributed by atoms with E-state index in [-0.39, 0.29) is 17.0 Å². The van der Waals surface area contributed by atoms with E-state index in [4.69, 9.17) is 4.74 Å². The summed E-state index contributed by atoms with van der Waals surface area (Å²) in [6.45, 7) is 2.19. The van der Waals surface area contributed by atoms with Crippen molar-refractivity contribution in [2.45, 2.75) is 23.9 Å². The molecule has 3 aromatic rings. The highest BCUT2D eigenvalue weighted by molar-refractivity contribution is 8.00. The van der Waals surface area contributed by atoms with Crippen molar-refractivity contribution in [2.24, 2.45) is 0 Å². The molecule has 5 nitrogen and oxygen atoms in total. The molecule has 0 aliphatic heterocycles. The third-order valence-corrected chi connectivity index (χ3v) is 5.07. The van der Waals surface area contributed by atoms with Crippen LogP contribution in [0.1, 0.15) is 12.5 Å². The average Bonchev–Trinajstić information content (AvgIpc) is 3.15. The smallest absolute Gasteiger partial charge is 0.233 e. The fourth-order valence-corrected chi connectivity index (χ4v) is 3.37. The Balaban J connectivity index is 1.62. The van der Waals surface area contributed by atoms with E-state index in [9.17, 15) is 9.18 Å². The summed E-state index contributed by atoms with van der Waals surface area (Å²) >= 11 is 1.38. The van der Waals surface area contributed by atoms with Gasteiger partial charge < -0.3 is 10.1 Å². The first kappa shape index (κ1) is 19.0. The van der Waals surface area contributed by atoms with Gasteiger partial charge >= 0.3 is 0 Å². The molecule has 1 unspecified atom stereocenters. The van der Waals surface area contributed by atoms with Gasteiger partial charge in [-0.15, -0.1) is 0 Å². The van der Waals surface area contributed by atoms with E-state index in [0.29, 0.717) is 6.54 Å². The first-order chi connectivity index (χ1) is 13.1. The number of hydrogen-bond acceptors (Lipinski definition) is 4. The van der Waals surface area contributed by atoms with E-state index in [1.807, 2.05) is 42.0 Å². The van der Waals surface area contributed by atoms with Gasteiger partial charge in [0.15, 0.2) is 5.16 Å². The predicted molar refractivity (Wildman–Crippen MR) is 104 cm³/mol. The summed E-state index contributed by atoms with van der Waals surface area (Å²) < 4.78 is 20.0. The van der Waals surface area contributed by atoms with E-state index < -0.39 is 0 Å². The van der Waals surface area contributed by atoms with Gasteiger partial charge in [-0.2, -0.15) is 0 Å². The van der Waals surface area contributed by atoms with Crippen LogP contribution in [-0.4, -0.2) is 27.8 Å². The molecule has 1 N–H and O–H groups in total. The van der Waals surface area contributed by atoms with Crippen LogP contribution in [-0.2, 0) is 11.3 Å². The second-order valence-electron chi connectivity index (χ2n) is 5.88. The van der Waals surface area contributed by atoms with Crippen molar-refractivity contribution in [1.82, 2.24) is 14.9 Å². The van der Waals surface area contributed by atoms with Crippen molar-refractivity contribution >= 4 is 17.7 Å². The maximum atomic E-state index is 12.9. The van der Waals surface area contributed by atoms with E-state index in [0.717, 1.165) is 22.2 Å². The first-order valence-electron chi connectivity index (χ1n) is 8.43. The Morgan fingerprint density at radius 3 is 2.59 bits per heavy atom. The van der Waals surface area contributed by atoms with Crippen LogP contribution in [0, 0.1) is 5.82 Å². The third kappa shape index (κ3) is 4.89. The highest BCUT2D eigenvalue weighted by atomic mass is 32.2. The van der Waals surface area contributed by atoms with Crippen molar-refractivity contribution in [2.75, 3.05) is 7.11 Å². The number of nitrogens with one attached hydrogen (secondary N) is 1. The molecule has 1 amide bonds. The number of carbonyl (C=O) groups is 1. The van der Waals surface area contributed by atoms with Crippen molar-refractivity contribution in [3.05, 3.63) is 72.3 Å². The quantitative estimate of drug-likeness (QED) is 0.628. The number of thioether (sulfide) groups is 1. The number of nitrogens with zero attached hydrogens (tertiary/aromatic N) is 2. The summed E-state index contributed by atoms with van der Waals surface area (Å²) in [5.41, 5.74) is 1.79. The predicted octanol–water partition coefficient (Wildman–Crippen LogP) is 3.82. The molecular formula is C20H20FN3O2S. The largest absolute Gasteiger partial charge is 0.497 e. The van der Waals surface area contributed by atoms with Gasteiger partial charge in [0.2, 0.25) is 5.91 Å². The lowest BCUT2D eigenvalue weighted by molar-refractivity contribution is -0.120. The number of amides is 1.